The number of aromatic nitrogens is 2. The van der Waals surface area contributed by atoms with Gasteiger partial charge >= 0.3 is 5.97 Å². The quantitative estimate of drug-likeness (QED) is 0.921. The molecular formula is C12H11ClN2O4S2. The van der Waals surface area contributed by atoms with Crippen molar-refractivity contribution in [2.24, 2.45) is 0 Å². The normalized spacial score (nSPS) is 20.7. The Morgan fingerprint density at radius 3 is 2.81 bits per heavy atom. The van der Waals surface area contributed by atoms with Crippen LogP contribution in [0.4, 0.5) is 0 Å². The molecule has 1 atom stereocenters. The summed E-state index contributed by atoms with van der Waals surface area (Å²) in [6.45, 7) is 0. The van der Waals surface area contributed by atoms with Gasteiger partial charge in [0.05, 0.1) is 21.9 Å². The molecule has 0 bridgehead atoms. The summed E-state index contributed by atoms with van der Waals surface area (Å²) in [6.07, 6.45) is 1.85. The molecule has 3 heterocycles. The molecule has 3 rings (SSSR count). The number of carboxylic acid groups (broad SMARTS) is 1. The molecule has 0 aromatic carbocycles. The molecule has 1 saturated heterocycles. The Morgan fingerprint density at radius 2 is 2.29 bits per heavy atom. The van der Waals surface area contributed by atoms with E-state index in [1.807, 2.05) is 0 Å². The van der Waals surface area contributed by atoms with Gasteiger partial charge in [-0.2, -0.15) is 5.10 Å². The summed E-state index contributed by atoms with van der Waals surface area (Å²) in [6, 6.07) is 1.34. The molecule has 112 valence electrons. The Balaban J connectivity index is 2.03. The van der Waals surface area contributed by atoms with Gasteiger partial charge in [0.1, 0.15) is 11.3 Å². The summed E-state index contributed by atoms with van der Waals surface area (Å²) < 4.78 is 25.1. The van der Waals surface area contributed by atoms with Gasteiger partial charge in [-0.15, -0.1) is 11.3 Å². The molecular weight excluding hydrogens is 336 g/mol. The first-order valence-corrected chi connectivity index (χ1v) is 9.21. The molecule has 1 aliphatic rings. The van der Waals surface area contributed by atoms with Crippen LogP contribution < -0.4 is 0 Å². The second kappa shape index (κ2) is 5.11. The topological polar surface area (TPSA) is 89.3 Å². The molecule has 1 N–H and O–H groups in total. The van der Waals surface area contributed by atoms with Gasteiger partial charge in [0.25, 0.3) is 0 Å². The highest BCUT2D eigenvalue weighted by molar-refractivity contribution is 7.91. The summed E-state index contributed by atoms with van der Waals surface area (Å²) in [5.41, 5.74) is 0.991. The molecule has 0 saturated carbocycles. The molecule has 21 heavy (non-hydrogen) atoms. The number of aromatic carboxylic acids is 1. The van der Waals surface area contributed by atoms with Crippen LogP contribution in [0.3, 0.4) is 0 Å². The van der Waals surface area contributed by atoms with Gasteiger partial charge in [-0.1, -0.05) is 11.6 Å². The number of thiophene rings is 1. The number of sulfone groups is 1. The number of hydrogen-bond acceptors (Lipinski definition) is 5. The molecule has 6 nitrogen and oxygen atoms in total. The van der Waals surface area contributed by atoms with Crippen LogP contribution in [-0.4, -0.2) is 40.8 Å². The highest BCUT2D eigenvalue weighted by Crippen LogP contribution is 2.32. The van der Waals surface area contributed by atoms with Gasteiger partial charge in [0.2, 0.25) is 0 Å². The van der Waals surface area contributed by atoms with Crippen LogP contribution in [0.15, 0.2) is 17.6 Å². The van der Waals surface area contributed by atoms with Gasteiger partial charge in [0, 0.05) is 17.1 Å². The van der Waals surface area contributed by atoms with Gasteiger partial charge in [-0.3, -0.25) is 4.68 Å². The number of rotatable bonds is 3. The van der Waals surface area contributed by atoms with E-state index in [4.69, 9.17) is 11.6 Å². The van der Waals surface area contributed by atoms with Crippen molar-refractivity contribution in [3.63, 3.8) is 0 Å². The SMILES string of the molecule is O=C(O)c1cn(C2CCS(=O)(=O)C2)nc1-c1csc(Cl)c1. The van der Waals surface area contributed by atoms with Crippen LogP contribution in [0.5, 0.6) is 0 Å². The monoisotopic (exact) mass is 346 g/mol. The molecule has 2 aromatic heterocycles. The van der Waals surface area contributed by atoms with E-state index in [0.29, 0.717) is 22.0 Å². The van der Waals surface area contributed by atoms with E-state index in [1.165, 1.54) is 22.2 Å². The van der Waals surface area contributed by atoms with Crippen LogP contribution >= 0.6 is 22.9 Å². The van der Waals surface area contributed by atoms with Crippen LogP contribution in [0.2, 0.25) is 4.34 Å². The Bertz CT molecular complexity index is 809. The summed E-state index contributed by atoms with van der Waals surface area (Å²) in [7, 11) is -3.06. The second-order valence-electron chi connectivity index (χ2n) is 4.87. The summed E-state index contributed by atoms with van der Waals surface area (Å²) in [4.78, 5) is 11.4. The lowest BCUT2D eigenvalue weighted by atomic mass is 10.1. The first-order chi connectivity index (χ1) is 9.85. The molecule has 9 heteroatoms. The number of nitrogens with zero attached hydrogens (tertiary/aromatic N) is 2. The minimum Gasteiger partial charge on any atom is -0.478 e. The largest absolute Gasteiger partial charge is 0.478 e. The smallest absolute Gasteiger partial charge is 0.339 e. The lowest BCUT2D eigenvalue weighted by Crippen LogP contribution is -2.11. The highest BCUT2D eigenvalue weighted by atomic mass is 35.5. The molecule has 1 unspecified atom stereocenters. The van der Waals surface area contributed by atoms with Crippen LogP contribution in [0.1, 0.15) is 22.8 Å². The van der Waals surface area contributed by atoms with Gasteiger partial charge in [-0.25, -0.2) is 13.2 Å². The third-order valence-corrected chi connectivity index (χ3v) is 6.23. The predicted octanol–water partition coefficient (Wildman–Crippen LogP) is 2.32. The predicted molar refractivity (Wildman–Crippen MR) is 79.8 cm³/mol. The van der Waals surface area contributed by atoms with E-state index in [2.05, 4.69) is 5.10 Å². The van der Waals surface area contributed by atoms with Crippen LogP contribution in [0.25, 0.3) is 11.3 Å². The fourth-order valence-corrected chi connectivity index (χ4v) is 4.94. The third-order valence-electron chi connectivity index (χ3n) is 3.39. The number of hydrogen-bond donors (Lipinski definition) is 1. The van der Waals surface area contributed by atoms with Crippen LogP contribution in [-0.2, 0) is 9.84 Å². The maximum absolute atomic E-state index is 11.5. The fraction of sp³-hybridized carbons (Fsp3) is 0.333. The van der Waals surface area contributed by atoms with E-state index < -0.39 is 15.8 Å². The molecule has 0 aliphatic carbocycles. The second-order valence-corrected chi connectivity index (χ2v) is 8.64. The van der Waals surface area contributed by atoms with Crippen molar-refractivity contribution in [1.29, 1.82) is 0 Å². The van der Waals surface area contributed by atoms with Gasteiger partial charge in [-0.05, 0) is 12.5 Å². The molecule has 2 aromatic rings. The van der Waals surface area contributed by atoms with Crippen LogP contribution in [0, 0.1) is 0 Å². The zero-order chi connectivity index (χ0) is 15.2. The Labute approximate surface area is 129 Å². The molecule has 0 radical (unpaired) electrons. The van der Waals surface area contributed by atoms with E-state index in [1.54, 1.807) is 11.4 Å². The third kappa shape index (κ3) is 2.83. The van der Waals surface area contributed by atoms with Crippen molar-refractivity contribution in [1.82, 2.24) is 9.78 Å². The number of halogens is 1. The van der Waals surface area contributed by atoms with E-state index in [0.717, 1.165) is 0 Å². The minimum atomic E-state index is -3.06. The number of carbonyl (C=O) groups is 1. The van der Waals surface area contributed by atoms with Gasteiger partial charge in [0.15, 0.2) is 9.84 Å². The first kappa shape index (κ1) is 14.6. The standard InChI is InChI=1S/C12H11ClN2O4S2/c13-10-3-7(5-20-10)11-9(12(16)17)4-15(14-11)8-1-2-21(18,19)6-8/h3-5,8H,1-2,6H2,(H,16,17). The Kier molecular flexibility index (Phi) is 3.54. The van der Waals surface area contributed by atoms with Crippen molar-refractivity contribution in [2.75, 3.05) is 11.5 Å². The minimum absolute atomic E-state index is 0.00241. The lowest BCUT2D eigenvalue weighted by molar-refractivity contribution is 0.0697. The maximum atomic E-state index is 11.5. The van der Waals surface area contributed by atoms with Crippen molar-refractivity contribution >= 4 is 38.7 Å². The summed E-state index contributed by atoms with van der Waals surface area (Å²) >= 11 is 7.16. The van der Waals surface area contributed by atoms with Crippen molar-refractivity contribution in [3.8, 4) is 11.3 Å². The molecule has 0 spiro atoms. The molecule has 0 amide bonds. The molecule has 1 fully saturated rings. The maximum Gasteiger partial charge on any atom is 0.339 e. The zero-order valence-electron chi connectivity index (χ0n) is 10.7. The van der Waals surface area contributed by atoms with Crippen molar-refractivity contribution in [2.45, 2.75) is 12.5 Å². The van der Waals surface area contributed by atoms with E-state index in [9.17, 15) is 18.3 Å². The zero-order valence-corrected chi connectivity index (χ0v) is 13.1. The summed E-state index contributed by atoms with van der Waals surface area (Å²) in [5, 5.41) is 15.3. The lowest BCUT2D eigenvalue weighted by Gasteiger charge is -2.07. The first-order valence-electron chi connectivity index (χ1n) is 6.13. The van der Waals surface area contributed by atoms with E-state index in [-0.39, 0.29) is 23.1 Å². The average molecular weight is 347 g/mol. The van der Waals surface area contributed by atoms with Gasteiger partial charge < -0.3 is 5.11 Å². The average Bonchev–Trinajstić information content (AvgIpc) is 3.06. The highest BCUT2D eigenvalue weighted by Gasteiger charge is 2.31. The molecule has 1 aliphatic heterocycles. The Morgan fingerprint density at radius 1 is 1.52 bits per heavy atom. The fourth-order valence-electron chi connectivity index (χ4n) is 2.37. The number of carboxylic acids is 1. The van der Waals surface area contributed by atoms with E-state index >= 15 is 0 Å². The van der Waals surface area contributed by atoms with Crippen molar-refractivity contribution < 1.29 is 18.3 Å². The van der Waals surface area contributed by atoms with Crippen molar-refractivity contribution in [3.05, 3.63) is 27.5 Å². The summed E-state index contributed by atoms with van der Waals surface area (Å²) in [5.74, 6) is -0.990. The Hall–Kier alpha value is -1.38.